The fourth-order valence-corrected chi connectivity index (χ4v) is 2.03. The van der Waals surface area contributed by atoms with E-state index in [-0.39, 0.29) is 19.2 Å². The second-order valence-corrected chi connectivity index (χ2v) is 5.66. The Hall–Kier alpha value is -1.34. The summed E-state index contributed by atoms with van der Waals surface area (Å²) >= 11 is 0. The van der Waals surface area contributed by atoms with Crippen molar-refractivity contribution >= 4 is 12.0 Å². The monoisotopic (exact) mass is 301 g/mol. The van der Waals surface area contributed by atoms with Crippen LogP contribution in [0, 0.1) is 0 Å². The normalized spacial score (nSPS) is 19.1. The average Bonchev–Trinajstić information content (AvgIpc) is 2.46. The van der Waals surface area contributed by atoms with E-state index in [1.807, 2.05) is 0 Å². The number of rotatable bonds is 7. The summed E-state index contributed by atoms with van der Waals surface area (Å²) in [5.41, 5.74) is 0. The van der Waals surface area contributed by atoms with Gasteiger partial charge in [-0.15, -0.1) is 0 Å². The lowest BCUT2D eigenvalue weighted by Crippen LogP contribution is -2.51. The Morgan fingerprint density at radius 3 is 2.76 bits per heavy atom. The lowest BCUT2D eigenvalue weighted by atomic mass is 10.2. The highest BCUT2D eigenvalue weighted by Gasteiger charge is 2.28. The summed E-state index contributed by atoms with van der Waals surface area (Å²) in [5.74, 6) is -1.02. The molecule has 2 N–H and O–H groups in total. The third-order valence-corrected chi connectivity index (χ3v) is 3.72. The number of amides is 2. The van der Waals surface area contributed by atoms with Crippen LogP contribution in [0.25, 0.3) is 0 Å². The first kappa shape index (κ1) is 17.7. The maximum Gasteiger partial charge on any atom is 0.334 e. The van der Waals surface area contributed by atoms with Gasteiger partial charge in [-0.2, -0.15) is 0 Å². The first-order chi connectivity index (χ1) is 9.91. The predicted molar refractivity (Wildman–Crippen MR) is 79.3 cm³/mol. The second-order valence-electron chi connectivity index (χ2n) is 5.66. The zero-order valence-corrected chi connectivity index (χ0v) is 13.2. The topological polar surface area (TPSA) is 82.1 Å². The zero-order chi connectivity index (χ0) is 15.8. The van der Waals surface area contributed by atoms with Crippen molar-refractivity contribution in [3.8, 4) is 0 Å². The molecule has 0 radical (unpaired) electrons. The Labute approximate surface area is 126 Å². The SMILES string of the molecule is CC(C)N(C)CCCCNC(=O)N1CCOC(C(=O)O)C1. The van der Waals surface area contributed by atoms with Crippen LogP contribution in [0.2, 0.25) is 0 Å². The van der Waals surface area contributed by atoms with Crippen LogP contribution in [-0.4, -0.2) is 78.9 Å². The van der Waals surface area contributed by atoms with Crippen molar-refractivity contribution in [2.24, 2.45) is 0 Å². The van der Waals surface area contributed by atoms with Crippen molar-refractivity contribution in [1.29, 1.82) is 0 Å². The van der Waals surface area contributed by atoms with Gasteiger partial charge in [-0.25, -0.2) is 9.59 Å². The molecule has 122 valence electrons. The van der Waals surface area contributed by atoms with Crippen molar-refractivity contribution < 1.29 is 19.4 Å². The Kier molecular flexibility index (Phi) is 7.45. The van der Waals surface area contributed by atoms with Gasteiger partial charge in [0, 0.05) is 19.1 Å². The van der Waals surface area contributed by atoms with Gasteiger partial charge in [-0.1, -0.05) is 0 Å². The molecule has 1 atom stereocenters. The van der Waals surface area contributed by atoms with E-state index in [9.17, 15) is 9.59 Å². The number of unbranched alkanes of at least 4 members (excludes halogenated alkanes) is 1. The number of hydrogen-bond acceptors (Lipinski definition) is 4. The number of hydrogen-bond donors (Lipinski definition) is 2. The molecule has 0 saturated carbocycles. The van der Waals surface area contributed by atoms with Crippen molar-refractivity contribution in [3.63, 3.8) is 0 Å². The van der Waals surface area contributed by atoms with E-state index < -0.39 is 12.1 Å². The quantitative estimate of drug-likeness (QED) is 0.673. The number of nitrogens with one attached hydrogen (secondary N) is 1. The van der Waals surface area contributed by atoms with Crippen molar-refractivity contribution in [3.05, 3.63) is 0 Å². The molecule has 2 amide bonds. The molecule has 0 aromatic carbocycles. The number of morpholine rings is 1. The van der Waals surface area contributed by atoms with E-state index in [4.69, 9.17) is 9.84 Å². The standard InChI is InChI=1S/C14H27N3O4/c1-11(2)16(3)7-5-4-6-15-14(20)17-8-9-21-12(10-17)13(18)19/h11-12H,4-10H2,1-3H3,(H,15,20)(H,18,19). The Balaban J connectivity index is 2.17. The number of aliphatic carboxylic acids is 1. The third-order valence-electron chi connectivity index (χ3n) is 3.72. The van der Waals surface area contributed by atoms with Crippen LogP contribution in [0.5, 0.6) is 0 Å². The van der Waals surface area contributed by atoms with Crippen molar-refractivity contribution in [2.75, 3.05) is 39.8 Å². The molecular formula is C14H27N3O4. The maximum absolute atomic E-state index is 11.9. The summed E-state index contributed by atoms with van der Waals surface area (Å²) < 4.78 is 5.08. The Bertz CT molecular complexity index is 349. The highest BCUT2D eigenvalue weighted by atomic mass is 16.5. The molecule has 1 aliphatic heterocycles. The molecular weight excluding hydrogens is 274 g/mol. The molecule has 0 aromatic rings. The smallest absolute Gasteiger partial charge is 0.334 e. The van der Waals surface area contributed by atoms with Gasteiger partial charge in [0.1, 0.15) is 0 Å². The minimum Gasteiger partial charge on any atom is -0.479 e. The molecule has 21 heavy (non-hydrogen) atoms. The molecule has 1 aliphatic rings. The molecule has 1 rings (SSSR count). The van der Waals surface area contributed by atoms with E-state index in [1.165, 1.54) is 4.90 Å². The number of ether oxygens (including phenoxy) is 1. The summed E-state index contributed by atoms with van der Waals surface area (Å²) in [4.78, 5) is 26.5. The number of carboxylic acids is 1. The highest BCUT2D eigenvalue weighted by molar-refractivity contribution is 5.77. The fraction of sp³-hybridized carbons (Fsp3) is 0.857. The van der Waals surface area contributed by atoms with Gasteiger partial charge in [-0.05, 0) is 40.3 Å². The molecule has 1 fully saturated rings. The lowest BCUT2D eigenvalue weighted by Gasteiger charge is -2.30. The van der Waals surface area contributed by atoms with Crippen LogP contribution in [-0.2, 0) is 9.53 Å². The minimum absolute atomic E-state index is 0.108. The number of urea groups is 1. The predicted octanol–water partition coefficient (Wildman–Crippen LogP) is 0.602. The largest absolute Gasteiger partial charge is 0.479 e. The van der Waals surface area contributed by atoms with E-state index >= 15 is 0 Å². The molecule has 1 saturated heterocycles. The van der Waals surface area contributed by atoms with E-state index in [0.717, 1.165) is 19.4 Å². The summed E-state index contributed by atoms with van der Waals surface area (Å²) in [6.07, 6.45) is 1.02. The van der Waals surface area contributed by atoms with Gasteiger partial charge in [0.2, 0.25) is 0 Å². The fourth-order valence-electron chi connectivity index (χ4n) is 2.03. The van der Waals surface area contributed by atoms with Crippen molar-refractivity contribution in [2.45, 2.75) is 38.8 Å². The van der Waals surface area contributed by atoms with E-state index in [2.05, 4.69) is 31.1 Å². The number of carbonyl (C=O) groups excluding carboxylic acids is 1. The molecule has 7 nitrogen and oxygen atoms in total. The molecule has 1 unspecified atom stereocenters. The van der Waals surface area contributed by atoms with E-state index in [1.54, 1.807) is 0 Å². The van der Waals surface area contributed by atoms with Gasteiger partial charge in [0.25, 0.3) is 0 Å². The van der Waals surface area contributed by atoms with Gasteiger partial charge in [0.15, 0.2) is 6.10 Å². The number of nitrogens with zero attached hydrogens (tertiary/aromatic N) is 2. The number of carboxylic acid groups (broad SMARTS) is 1. The zero-order valence-electron chi connectivity index (χ0n) is 13.2. The average molecular weight is 301 g/mol. The van der Waals surface area contributed by atoms with Crippen LogP contribution < -0.4 is 5.32 Å². The minimum atomic E-state index is -1.02. The lowest BCUT2D eigenvalue weighted by molar-refractivity contribution is -0.154. The second kappa shape index (κ2) is 8.84. The Morgan fingerprint density at radius 1 is 1.43 bits per heavy atom. The van der Waals surface area contributed by atoms with Crippen LogP contribution in [0.15, 0.2) is 0 Å². The van der Waals surface area contributed by atoms with Gasteiger partial charge >= 0.3 is 12.0 Å². The van der Waals surface area contributed by atoms with E-state index in [0.29, 0.717) is 19.1 Å². The molecule has 7 heteroatoms. The molecule has 0 spiro atoms. The first-order valence-corrected chi connectivity index (χ1v) is 7.49. The van der Waals surface area contributed by atoms with Crippen LogP contribution in [0.3, 0.4) is 0 Å². The molecule has 0 aliphatic carbocycles. The molecule has 0 bridgehead atoms. The molecule has 1 heterocycles. The summed E-state index contributed by atoms with van der Waals surface area (Å²) in [6, 6.07) is 0.322. The molecule has 0 aromatic heterocycles. The number of carbonyl (C=O) groups is 2. The maximum atomic E-state index is 11.9. The summed E-state index contributed by atoms with van der Waals surface area (Å²) in [7, 11) is 2.09. The highest BCUT2D eigenvalue weighted by Crippen LogP contribution is 2.05. The van der Waals surface area contributed by atoms with Gasteiger partial charge in [0.05, 0.1) is 13.2 Å². The van der Waals surface area contributed by atoms with Gasteiger partial charge < -0.3 is 25.0 Å². The van der Waals surface area contributed by atoms with Crippen LogP contribution in [0.4, 0.5) is 4.79 Å². The van der Waals surface area contributed by atoms with Crippen LogP contribution >= 0.6 is 0 Å². The van der Waals surface area contributed by atoms with Crippen LogP contribution in [0.1, 0.15) is 26.7 Å². The summed E-state index contributed by atoms with van der Waals surface area (Å²) in [6.45, 7) is 6.73. The first-order valence-electron chi connectivity index (χ1n) is 7.49. The summed E-state index contributed by atoms with van der Waals surface area (Å²) in [5, 5.41) is 11.7. The van der Waals surface area contributed by atoms with Crippen molar-refractivity contribution in [1.82, 2.24) is 15.1 Å². The third kappa shape index (κ3) is 6.31. The Morgan fingerprint density at radius 2 is 2.14 bits per heavy atom. The van der Waals surface area contributed by atoms with Gasteiger partial charge in [-0.3, -0.25) is 0 Å².